The predicted octanol–water partition coefficient (Wildman–Crippen LogP) is 6.83. The van der Waals surface area contributed by atoms with Gasteiger partial charge in [-0.05, 0) is 79.1 Å². The Bertz CT molecular complexity index is 1440. The second-order valence-corrected chi connectivity index (χ2v) is 11.5. The molecule has 5 rings (SSSR count). The number of fused-ring (bicyclic) bond motifs is 3. The van der Waals surface area contributed by atoms with E-state index in [2.05, 4.69) is 19.2 Å². The summed E-state index contributed by atoms with van der Waals surface area (Å²) in [6.07, 6.45) is 4.15. The maximum absolute atomic E-state index is 13.8. The third kappa shape index (κ3) is 5.03. The molecule has 1 N–H and O–H groups in total. The Labute approximate surface area is 217 Å². The van der Waals surface area contributed by atoms with Gasteiger partial charge in [0.15, 0.2) is 5.16 Å². The highest BCUT2D eigenvalue weighted by atomic mass is 35.5. The standard InChI is InChI=1S/C27H26ClN3O2S2/c1-16(2)17-7-11-19(12-8-17)29-23(32)15-34-27-30-25-24(21-5-3-4-6-22(21)35-25)26(33)31(27)20-13-9-18(28)10-14-20/h7-14,16H,3-6,15H2,1-2H3,(H,29,32). The summed E-state index contributed by atoms with van der Waals surface area (Å²) in [6, 6.07) is 15.0. The second-order valence-electron chi connectivity index (χ2n) is 9.02. The zero-order valence-electron chi connectivity index (χ0n) is 19.6. The van der Waals surface area contributed by atoms with E-state index in [1.807, 2.05) is 36.4 Å². The third-order valence-corrected chi connectivity index (χ3v) is 8.61. The molecule has 35 heavy (non-hydrogen) atoms. The molecule has 0 unspecified atom stereocenters. The molecule has 1 aliphatic rings. The van der Waals surface area contributed by atoms with Gasteiger partial charge in [-0.3, -0.25) is 14.2 Å². The number of aryl methyl sites for hydroxylation is 2. The highest BCUT2D eigenvalue weighted by Gasteiger charge is 2.23. The summed E-state index contributed by atoms with van der Waals surface area (Å²) in [5, 5.41) is 4.77. The fourth-order valence-electron chi connectivity index (χ4n) is 4.38. The fraction of sp³-hybridized carbons (Fsp3) is 0.296. The Morgan fingerprint density at radius 3 is 2.54 bits per heavy atom. The van der Waals surface area contributed by atoms with Crippen LogP contribution in [0.4, 0.5) is 5.69 Å². The van der Waals surface area contributed by atoms with E-state index in [0.717, 1.165) is 47.2 Å². The lowest BCUT2D eigenvalue weighted by Gasteiger charge is -2.14. The van der Waals surface area contributed by atoms with Gasteiger partial charge in [-0.25, -0.2) is 4.98 Å². The Kier molecular flexibility index (Phi) is 7.00. The average Bonchev–Trinajstić information content (AvgIpc) is 3.22. The number of hydrogen-bond donors (Lipinski definition) is 1. The van der Waals surface area contributed by atoms with Crippen LogP contribution in [0.1, 0.15) is 48.6 Å². The van der Waals surface area contributed by atoms with Gasteiger partial charge >= 0.3 is 0 Å². The second kappa shape index (κ2) is 10.2. The maximum Gasteiger partial charge on any atom is 0.267 e. The van der Waals surface area contributed by atoms with Crippen LogP contribution in [0.3, 0.4) is 0 Å². The van der Waals surface area contributed by atoms with E-state index in [1.54, 1.807) is 28.0 Å². The van der Waals surface area contributed by atoms with Crippen molar-refractivity contribution in [1.29, 1.82) is 0 Å². The molecule has 4 aromatic rings. The van der Waals surface area contributed by atoms with E-state index in [-0.39, 0.29) is 17.2 Å². The van der Waals surface area contributed by atoms with E-state index in [1.165, 1.54) is 22.2 Å². The van der Waals surface area contributed by atoms with Gasteiger partial charge in [0, 0.05) is 15.6 Å². The minimum Gasteiger partial charge on any atom is -0.325 e. The predicted molar refractivity (Wildman–Crippen MR) is 147 cm³/mol. The van der Waals surface area contributed by atoms with Crippen LogP contribution < -0.4 is 10.9 Å². The minimum atomic E-state index is -0.144. The van der Waals surface area contributed by atoms with Gasteiger partial charge < -0.3 is 5.32 Å². The first-order valence-electron chi connectivity index (χ1n) is 11.8. The molecular weight excluding hydrogens is 498 g/mol. The van der Waals surface area contributed by atoms with E-state index in [0.29, 0.717) is 21.8 Å². The van der Waals surface area contributed by atoms with E-state index in [9.17, 15) is 9.59 Å². The molecule has 5 nitrogen and oxygen atoms in total. The number of halogens is 1. The molecule has 180 valence electrons. The number of anilines is 1. The van der Waals surface area contributed by atoms with Crippen molar-refractivity contribution in [2.24, 2.45) is 0 Å². The monoisotopic (exact) mass is 523 g/mol. The lowest BCUT2D eigenvalue weighted by atomic mass is 9.97. The smallest absolute Gasteiger partial charge is 0.267 e. The number of carbonyl (C=O) groups excluding carboxylic acids is 1. The molecule has 0 atom stereocenters. The van der Waals surface area contributed by atoms with Crippen LogP contribution in [0.5, 0.6) is 0 Å². The van der Waals surface area contributed by atoms with Crippen molar-refractivity contribution in [2.75, 3.05) is 11.1 Å². The summed E-state index contributed by atoms with van der Waals surface area (Å²) in [7, 11) is 0. The lowest BCUT2D eigenvalue weighted by Crippen LogP contribution is -2.23. The van der Waals surface area contributed by atoms with E-state index < -0.39 is 0 Å². The highest BCUT2D eigenvalue weighted by Crippen LogP contribution is 2.35. The van der Waals surface area contributed by atoms with Crippen molar-refractivity contribution < 1.29 is 4.79 Å². The highest BCUT2D eigenvalue weighted by molar-refractivity contribution is 7.99. The van der Waals surface area contributed by atoms with Crippen LogP contribution in [0.15, 0.2) is 58.5 Å². The molecule has 2 aromatic carbocycles. The molecular formula is C27H26ClN3O2S2. The number of hydrogen-bond acceptors (Lipinski definition) is 5. The Hall–Kier alpha value is -2.61. The molecule has 0 saturated heterocycles. The molecule has 0 aliphatic heterocycles. The summed E-state index contributed by atoms with van der Waals surface area (Å²) >= 11 is 8.98. The molecule has 1 amide bonds. The third-order valence-electron chi connectivity index (χ3n) is 6.24. The van der Waals surface area contributed by atoms with E-state index in [4.69, 9.17) is 16.6 Å². The average molecular weight is 524 g/mol. The topological polar surface area (TPSA) is 64.0 Å². The van der Waals surface area contributed by atoms with Crippen LogP contribution in [-0.2, 0) is 17.6 Å². The molecule has 2 aromatic heterocycles. The van der Waals surface area contributed by atoms with E-state index >= 15 is 0 Å². The van der Waals surface area contributed by atoms with Gasteiger partial charge in [-0.1, -0.05) is 49.3 Å². The van der Waals surface area contributed by atoms with Crippen molar-refractivity contribution >= 4 is 56.5 Å². The molecule has 0 bridgehead atoms. The zero-order chi connectivity index (χ0) is 24.5. The van der Waals surface area contributed by atoms with Gasteiger partial charge in [0.25, 0.3) is 5.56 Å². The Morgan fingerprint density at radius 1 is 1.11 bits per heavy atom. The SMILES string of the molecule is CC(C)c1ccc(NC(=O)CSc2nc3sc4c(c3c(=O)n2-c2ccc(Cl)cc2)CCCC4)cc1. The molecule has 8 heteroatoms. The normalized spacial score (nSPS) is 13.3. The van der Waals surface area contributed by atoms with Crippen molar-refractivity contribution in [3.63, 3.8) is 0 Å². The minimum absolute atomic E-state index is 0.0797. The molecule has 0 radical (unpaired) electrons. The van der Waals surface area contributed by atoms with Crippen molar-refractivity contribution in [1.82, 2.24) is 9.55 Å². The maximum atomic E-state index is 13.8. The molecule has 0 fully saturated rings. The van der Waals surface area contributed by atoms with Crippen LogP contribution in [-0.4, -0.2) is 21.2 Å². The summed E-state index contributed by atoms with van der Waals surface area (Å²) < 4.78 is 1.62. The quantitative estimate of drug-likeness (QED) is 0.222. The molecule has 0 saturated carbocycles. The van der Waals surface area contributed by atoms with Crippen LogP contribution in [0.2, 0.25) is 5.02 Å². The van der Waals surface area contributed by atoms with Crippen molar-refractivity contribution in [3.05, 3.63) is 79.9 Å². The number of aromatic nitrogens is 2. The summed E-state index contributed by atoms with van der Waals surface area (Å²) in [5.41, 5.74) is 3.74. The number of thioether (sulfide) groups is 1. The van der Waals surface area contributed by atoms with Gasteiger partial charge in [0.1, 0.15) is 4.83 Å². The first kappa shape index (κ1) is 24.1. The van der Waals surface area contributed by atoms with Crippen LogP contribution in [0.25, 0.3) is 15.9 Å². The largest absolute Gasteiger partial charge is 0.325 e. The van der Waals surface area contributed by atoms with Crippen LogP contribution in [0, 0.1) is 0 Å². The van der Waals surface area contributed by atoms with Gasteiger partial charge in [-0.2, -0.15) is 0 Å². The summed E-state index contributed by atoms with van der Waals surface area (Å²) in [6.45, 7) is 4.27. The number of amides is 1. The van der Waals surface area contributed by atoms with Gasteiger partial charge in [-0.15, -0.1) is 11.3 Å². The number of carbonyl (C=O) groups is 1. The summed E-state index contributed by atoms with van der Waals surface area (Å²) in [4.78, 5) is 33.4. The van der Waals surface area contributed by atoms with Crippen molar-refractivity contribution in [3.8, 4) is 5.69 Å². The molecule has 1 aliphatic carbocycles. The number of thiophene rings is 1. The molecule has 2 heterocycles. The number of rotatable bonds is 6. The van der Waals surface area contributed by atoms with Gasteiger partial charge in [0.05, 0.1) is 16.8 Å². The number of nitrogens with one attached hydrogen (secondary N) is 1. The lowest BCUT2D eigenvalue weighted by molar-refractivity contribution is -0.113. The number of nitrogens with zero attached hydrogens (tertiary/aromatic N) is 2. The molecule has 0 spiro atoms. The zero-order valence-corrected chi connectivity index (χ0v) is 22.0. The fourth-order valence-corrected chi connectivity index (χ4v) is 6.62. The Balaban J connectivity index is 1.46. The number of benzene rings is 2. The first-order chi connectivity index (χ1) is 16.9. The first-order valence-corrected chi connectivity index (χ1v) is 13.9. The summed E-state index contributed by atoms with van der Waals surface area (Å²) in [5.74, 6) is 0.432. The van der Waals surface area contributed by atoms with Gasteiger partial charge in [0.2, 0.25) is 5.91 Å². The van der Waals surface area contributed by atoms with Crippen LogP contribution >= 0.6 is 34.7 Å². The Morgan fingerprint density at radius 2 is 1.83 bits per heavy atom. The van der Waals surface area contributed by atoms with Crippen molar-refractivity contribution in [2.45, 2.75) is 50.6 Å².